The second-order valence-electron chi connectivity index (χ2n) is 8.25. The van der Waals surface area contributed by atoms with Gasteiger partial charge < -0.3 is 19.7 Å². The third-order valence-electron chi connectivity index (χ3n) is 5.90. The van der Waals surface area contributed by atoms with Crippen molar-refractivity contribution in [2.24, 2.45) is 0 Å². The van der Waals surface area contributed by atoms with E-state index in [1.807, 2.05) is 18.0 Å². The van der Waals surface area contributed by atoms with Gasteiger partial charge in [-0.15, -0.1) is 0 Å². The smallest absolute Gasteiger partial charge is 0.240 e. The molecule has 9 nitrogen and oxygen atoms in total. The Labute approximate surface area is 207 Å². The van der Waals surface area contributed by atoms with Gasteiger partial charge >= 0.3 is 0 Å². The summed E-state index contributed by atoms with van der Waals surface area (Å²) in [4.78, 5) is 24.6. The van der Waals surface area contributed by atoms with Gasteiger partial charge in [0.2, 0.25) is 5.91 Å². The number of halogens is 2. The number of nitrogens with zero attached hydrogens (tertiary/aromatic N) is 5. The van der Waals surface area contributed by atoms with Crippen LogP contribution in [0.2, 0.25) is 5.02 Å². The zero-order chi connectivity index (χ0) is 25.1. The van der Waals surface area contributed by atoms with Crippen molar-refractivity contribution >= 4 is 39.9 Å². The van der Waals surface area contributed by atoms with E-state index < -0.39 is 11.9 Å². The van der Waals surface area contributed by atoms with Crippen LogP contribution >= 0.6 is 11.6 Å². The highest BCUT2D eigenvalue weighted by molar-refractivity contribution is 6.31. The number of rotatable bonds is 7. The molecule has 0 radical (unpaired) electrons. The summed E-state index contributed by atoms with van der Waals surface area (Å²) in [6.07, 6.45) is 1.53. The lowest BCUT2D eigenvalue weighted by Gasteiger charge is -2.22. The summed E-state index contributed by atoms with van der Waals surface area (Å²) in [5.41, 5.74) is 0.750. The number of hydrogen-bond acceptors (Lipinski definition) is 8. The van der Waals surface area contributed by atoms with Crippen LogP contribution in [0.5, 0.6) is 11.5 Å². The van der Waals surface area contributed by atoms with Gasteiger partial charge in [-0.25, -0.2) is 14.4 Å². The van der Waals surface area contributed by atoms with Crippen molar-refractivity contribution in [2.75, 3.05) is 39.6 Å². The molecule has 1 aliphatic heterocycles. The molecule has 4 rings (SSSR count). The molecule has 1 saturated heterocycles. The van der Waals surface area contributed by atoms with Crippen LogP contribution < -0.4 is 14.8 Å². The fourth-order valence-electron chi connectivity index (χ4n) is 4.09. The molecule has 0 unspecified atom stereocenters. The first-order chi connectivity index (χ1) is 16.8. The van der Waals surface area contributed by atoms with E-state index in [2.05, 4.69) is 15.3 Å². The molecule has 35 heavy (non-hydrogen) atoms. The second-order valence-corrected chi connectivity index (χ2v) is 8.66. The summed E-state index contributed by atoms with van der Waals surface area (Å²) < 4.78 is 26.2. The van der Waals surface area contributed by atoms with Crippen molar-refractivity contribution in [3.05, 3.63) is 47.5 Å². The van der Waals surface area contributed by atoms with Gasteiger partial charge in [-0.1, -0.05) is 17.7 Å². The molecule has 1 aliphatic rings. The fourth-order valence-corrected chi connectivity index (χ4v) is 4.26. The molecule has 1 aromatic heterocycles. The number of anilines is 2. The number of benzene rings is 2. The number of nitriles is 1. The number of nitrogens with one attached hydrogen (secondary N) is 1. The number of aromatic nitrogens is 2. The normalized spacial score (nSPS) is 17.7. The van der Waals surface area contributed by atoms with Gasteiger partial charge in [0, 0.05) is 31.5 Å². The standard InChI is InChI=1S/C24H24ClFN6O3/c1-31(8-7-27)24(33)19-9-14(12-32(19)2)35-21-10-15-18(11-20(21)34-3)28-13-29-23(15)30-17-6-4-5-16(25)22(17)26/h4-6,10-11,13-14,19H,8-9,12H2,1-3H3,(H,28,29,30)/t14-,19+/m1/s1. The van der Waals surface area contributed by atoms with Gasteiger partial charge in [0.1, 0.15) is 24.8 Å². The van der Waals surface area contributed by atoms with Gasteiger partial charge in [0.05, 0.1) is 35.4 Å². The number of hydrogen-bond donors (Lipinski definition) is 1. The van der Waals surface area contributed by atoms with Crippen LogP contribution in [-0.4, -0.2) is 72.1 Å². The highest BCUT2D eigenvalue weighted by atomic mass is 35.5. The number of fused-ring (bicyclic) bond motifs is 1. The number of ether oxygens (including phenoxy) is 2. The number of amides is 1. The van der Waals surface area contributed by atoms with Crippen molar-refractivity contribution in [1.29, 1.82) is 5.26 Å². The number of likely N-dealkylation sites (N-methyl/N-ethyl adjacent to an activating group) is 2. The molecule has 3 aromatic rings. The summed E-state index contributed by atoms with van der Waals surface area (Å²) in [5.74, 6) is 0.570. The predicted octanol–water partition coefficient (Wildman–Crippen LogP) is 3.61. The molecule has 0 saturated carbocycles. The topological polar surface area (TPSA) is 104 Å². The summed E-state index contributed by atoms with van der Waals surface area (Å²) in [5, 5.41) is 12.5. The monoisotopic (exact) mass is 498 g/mol. The van der Waals surface area contributed by atoms with E-state index in [-0.39, 0.29) is 29.3 Å². The minimum absolute atomic E-state index is 0.00563. The van der Waals surface area contributed by atoms with E-state index in [0.29, 0.717) is 41.2 Å². The molecule has 2 heterocycles. The Kier molecular flexibility index (Phi) is 7.19. The summed E-state index contributed by atoms with van der Waals surface area (Å²) in [6, 6.07) is 9.71. The molecule has 1 amide bonds. The van der Waals surface area contributed by atoms with E-state index in [0.717, 1.165) is 0 Å². The highest BCUT2D eigenvalue weighted by Crippen LogP contribution is 2.37. The third-order valence-corrected chi connectivity index (χ3v) is 6.19. The number of carbonyl (C=O) groups is 1. The fraction of sp³-hybridized carbons (Fsp3) is 0.333. The molecule has 1 fully saturated rings. The van der Waals surface area contributed by atoms with Crippen LogP contribution in [0.15, 0.2) is 36.7 Å². The Balaban J connectivity index is 1.62. The molecule has 0 spiro atoms. The van der Waals surface area contributed by atoms with Crippen LogP contribution in [0.4, 0.5) is 15.9 Å². The van der Waals surface area contributed by atoms with Gasteiger partial charge in [-0.05, 0) is 25.2 Å². The molecule has 0 aliphatic carbocycles. The maximum absolute atomic E-state index is 14.5. The number of methoxy groups -OCH3 is 1. The minimum atomic E-state index is -0.586. The lowest BCUT2D eigenvalue weighted by molar-refractivity contribution is -0.133. The molecule has 11 heteroatoms. The van der Waals surface area contributed by atoms with Gasteiger partial charge in [-0.2, -0.15) is 5.26 Å². The Bertz CT molecular complexity index is 1300. The Morgan fingerprint density at radius 3 is 2.91 bits per heavy atom. The van der Waals surface area contributed by atoms with Gasteiger partial charge in [0.15, 0.2) is 17.3 Å². The summed E-state index contributed by atoms with van der Waals surface area (Å²) in [7, 11) is 4.98. The van der Waals surface area contributed by atoms with E-state index in [1.165, 1.54) is 24.4 Å². The van der Waals surface area contributed by atoms with Crippen LogP contribution in [0.3, 0.4) is 0 Å². The molecular formula is C24H24ClFN6O3. The molecular weight excluding hydrogens is 475 g/mol. The minimum Gasteiger partial charge on any atom is -0.493 e. The zero-order valence-electron chi connectivity index (χ0n) is 19.5. The van der Waals surface area contributed by atoms with Gasteiger partial charge in [0.25, 0.3) is 0 Å². The SMILES string of the molecule is COc1cc2ncnc(Nc3cccc(Cl)c3F)c2cc1O[C@@H]1C[C@@H](C(=O)N(C)CC#N)N(C)C1. The largest absolute Gasteiger partial charge is 0.493 e. The van der Waals surface area contributed by atoms with Crippen LogP contribution in [-0.2, 0) is 4.79 Å². The van der Waals surface area contributed by atoms with Crippen molar-refractivity contribution in [1.82, 2.24) is 19.8 Å². The van der Waals surface area contributed by atoms with Crippen molar-refractivity contribution in [3.63, 3.8) is 0 Å². The van der Waals surface area contributed by atoms with Crippen LogP contribution in [0.25, 0.3) is 10.9 Å². The van der Waals surface area contributed by atoms with E-state index in [4.69, 9.17) is 26.3 Å². The second kappa shape index (κ2) is 10.3. The third kappa shape index (κ3) is 5.06. The number of likely N-dealkylation sites (tertiary alicyclic amines) is 1. The quantitative estimate of drug-likeness (QED) is 0.493. The molecule has 2 aromatic carbocycles. The average Bonchev–Trinajstić information content (AvgIpc) is 3.21. The van der Waals surface area contributed by atoms with Crippen molar-refractivity contribution in [2.45, 2.75) is 18.6 Å². The molecule has 0 bridgehead atoms. The highest BCUT2D eigenvalue weighted by Gasteiger charge is 2.37. The van der Waals surface area contributed by atoms with E-state index in [1.54, 1.807) is 31.3 Å². The first-order valence-electron chi connectivity index (χ1n) is 10.8. The first-order valence-corrected chi connectivity index (χ1v) is 11.2. The van der Waals surface area contributed by atoms with Crippen LogP contribution in [0.1, 0.15) is 6.42 Å². The average molecular weight is 499 g/mol. The van der Waals surface area contributed by atoms with Gasteiger partial charge in [-0.3, -0.25) is 9.69 Å². The Hall–Kier alpha value is -3.68. The summed E-state index contributed by atoms with van der Waals surface area (Å²) in [6.45, 7) is 0.540. The molecule has 182 valence electrons. The lowest BCUT2D eigenvalue weighted by atomic mass is 10.1. The van der Waals surface area contributed by atoms with E-state index in [9.17, 15) is 9.18 Å². The number of carbonyl (C=O) groups excluding carboxylic acids is 1. The lowest BCUT2D eigenvalue weighted by Crippen LogP contribution is -2.42. The van der Waals surface area contributed by atoms with Crippen LogP contribution in [0, 0.1) is 17.1 Å². The maximum atomic E-state index is 14.5. The summed E-state index contributed by atoms with van der Waals surface area (Å²) >= 11 is 5.91. The first kappa shape index (κ1) is 24.4. The van der Waals surface area contributed by atoms with Crippen molar-refractivity contribution in [3.8, 4) is 17.6 Å². The zero-order valence-corrected chi connectivity index (χ0v) is 20.2. The Morgan fingerprint density at radius 2 is 2.17 bits per heavy atom. The Morgan fingerprint density at radius 1 is 1.37 bits per heavy atom. The maximum Gasteiger partial charge on any atom is 0.240 e. The predicted molar refractivity (Wildman–Crippen MR) is 129 cm³/mol. The van der Waals surface area contributed by atoms with E-state index >= 15 is 0 Å². The molecule has 2 atom stereocenters. The van der Waals surface area contributed by atoms with Crippen molar-refractivity contribution < 1.29 is 18.7 Å². The molecule has 1 N–H and O–H groups in total.